The van der Waals surface area contributed by atoms with Crippen molar-refractivity contribution < 1.29 is 9.36 Å². The number of nitrogens with one attached hydrogen (secondary N) is 1. The SMILES string of the molecule is Cc1cc[n+](CCC(=O)NCCC2=CCCCC2)cc1. The molecule has 0 radical (unpaired) electrons. The number of aryl methyl sites for hydroxylation is 2. The van der Waals surface area contributed by atoms with E-state index in [1.54, 1.807) is 0 Å². The largest absolute Gasteiger partial charge is 0.356 e. The molecule has 0 aliphatic heterocycles. The van der Waals surface area contributed by atoms with Gasteiger partial charge >= 0.3 is 0 Å². The molecule has 1 aromatic heterocycles. The minimum absolute atomic E-state index is 0.148. The number of rotatable bonds is 6. The topological polar surface area (TPSA) is 33.0 Å². The highest BCUT2D eigenvalue weighted by atomic mass is 16.1. The van der Waals surface area contributed by atoms with Crippen LogP contribution in [0.1, 0.15) is 44.1 Å². The summed E-state index contributed by atoms with van der Waals surface area (Å²) in [5.74, 6) is 0.148. The fraction of sp³-hybridized carbons (Fsp3) is 0.529. The maximum atomic E-state index is 11.8. The lowest BCUT2D eigenvalue weighted by atomic mass is 9.97. The predicted octanol–water partition coefficient (Wildman–Crippen LogP) is 2.68. The van der Waals surface area contributed by atoms with Gasteiger partial charge < -0.3 is 5.32 Å². The van der Waals surface area contributed by atoms with Crippen LogP contribution in [0, 0.1) is 6.92 Å². The van der Waals surface area contributed by atoms with Crippen LogP contribution in [-0.4, -0.2) is 12.5 Å². The Morgan fingerprint density at radius 2 is 2.10 bits per heavy atom. The number of carbonyl (C=O) groups is 1. The van der Waals surface area contributed by atoms with Gasteiger partial charge in [0.05, 0.1) is 6.42 Å². The third-order valence-corrected chi connectivity index (χ3v) is 3.81. The van der Waals surface area contributed by atoms with Crippen LogP contribution in [0.5, 0.6) is 0 Å². The van der Waals surface area contributed by atoms with Crippen molar-refractivity contribution in [2.45, 2.75) is 52.0 Å². The van der Waals surface area contributed by atoms with Crippen molar-refractivity contribution in [3.05, 3.63) is 41.7 Å². The monoisotopic (exact) mass is 273 g/mol. The van der Waals surface area contributed by atoms with Crippen LogP contribution in [0.4, 0.5) is 0 Å². The van der Waals surface area contributed by atoms with Gasteiger partial charge in [-0.3, -0.25) is 4.79 Å². The van der Waals surface area contributed by atoms with Gasteiger partial charge in [-0.1, -0.05) is 11.6 Å². The zero-order chi connectivity index (χ0) is 14.2. The van der Waals surface area contributed by atoms with Crippen LogP contribution in [-0.2, 0) is 11.3 Å². The van der Waals surface area contributed by atoms with E-state index in [4.69, 9.17) is 0 Å². The second-order valence-electron chi connectivity index (χ2n) is 5.57. The van der Waals surface area contributed by atoms with E-state index < -0.39 is 0 Å². The smallest absolute Gasteiger partial charge is 0.226 e. The van der Waals surface area contributed by atoms with Gasteiger partial charge in [0.25, 0.3) is 0 Å². The van der Waals surface area contributed by atoms with E-state index in [0.29, 0.717) is 6.42 Å². The molecule has 1 aliphatic rings. The van der Waals surface area contributed by atoms with E-state index in [2.05, 4.69) is 35.0 Å². The fourth-order valence-corrected chi connectivity index (χ4v) is 2.49. The quantitative estimate of drug-likeness (QED) is 0.627. The van der Waals surface area contributed by atoms with Crippen molar-refractivity contribution in [3.63, 3.8) is 0 Å². The molecular weight excluding hydrogens is 248 g/mol. The molecule has 20 heavy (non-hydrogen) atoms. The van der Waals surface area contributed by atoms with Gasteiger partial charge in [-0.25, -0.2) is 4.57 Å². The minimum Gasteiger partial charge on any atom is -0.356 e. The molecule has 0 spiro atoms. The van der Waals surface area contributed by atoms with E-state index in [9.17, 15) is 4.79 Å². The van der Waals surface area contributed by atoms with E-state index in [1.807, 2.05) is 12.4 Å². The van der Waals surface area contributed by atoms with Crippen LogP contribution in [0.2, 0.25) is 0 Å². The zero-order valence-corrected chi connectivity index (χ0v) is 12.4. The summed E-state index contributed by atoms with van der Waals surface area (Å²) in [6.07, 6.45) is 13.0. The molecule has 3 nitrogen and oxygen atoms in total. The van der Waals surface area contributed by atoms with Crippen LogP contribution in [0.3, 0.4) is 0 Å². The molecular formula is C17H25N2O+. The fourth-order valence-electron chi connectivity index (χ4n) is 2.49. The predicted molar refractivity (Wildman–Crippen MR) is 80.2 cm³/mol. The molecule has 3 heteroatoms. The van der Waals surface area contributed by atoms with Gasteiger partial charge in [-0.05, 0) is 44.6 Å². The molecule has 1 aliphatic carbocycles. The number of aromatic nitrogens is 1. The molecule has 0 unspecified atom stereocenters. The highest BCUT2D eigenvalue weighted by molar-refractivity contribution is 5.75. The number of nitrogens with zero attached hydrogens (tertiary/aromatic N) is 1. The van der Waals surface area contributed by atoms with Gasteiger partial charge in [-0.2, -0.15) is 0 Å². The lowest BCUT2D eigenvalue weighted by Gasteiger charge is -2.12. The molecule has 0 bridgehead atoms. The van der Waals surface area contributed by atoms with Crippen molar-refractivity contribution in [1.82, 2.24) is 5.32 Å². The maximum absolute atomic E-state index is 11.8. The molecule has 0 saturated heterocycles. The summed E-state index contributed by atoms with van der Waals surface area (Å²) in [6, 6.07) is 4.13. The standard InChI is InChI=1S/C17H24N2O/c1-15-8-12-19(13-9-15)14-10-17(20)18-11-7-16-5-3-2-4-6-16/h5,8-9,12-13H,2-4,6-7,10-11,14H2,1H3/p+1. The number of hydrogen-bond acceptors (Lipinski definition) is 1. The average molecular weight is 273 g/mol. The normalized spacial score (nSPS) is 14.8. The second kappa shape index (κ2) is 7.83. The molecule has 1 N–H and O–H groups in total. The van der Waals surface area contributed by atoms with E-state index in [1.165, 1.54) is 36.8 Å². The summed E-state index contributed by atoms with van der Waals surface area (Å²) in [6.45, 7) is 3.59. The Morgan fingerprint density at radius 1 is 1.30 bits per heavy atom. The Hall–Kier alpha value is -1.64. The minimum atomic E-state index is 0.148. The number of allylic oxidation sites excluding steroid dienone is 1. The Balaban J connectivity index is 1.62. The molecule has 2 rings (SSSR count). The highest BCUT2D eigenvalue weighted by Crippen LogP contribution is 2.19. The van der Waals surface area contributed by atoms with Gasteiger partial charge in [-0.15, -0.1) is 0 Å². The first-order valence-corrected chi connectivity index (χ1v) is 7.64. The van der Waals surface area contributed by atoms with E-state index in [0.717, 1.165) is 19.5 Å². The van der Waals surface area contributed by atoms with Crippen LogP contribution in [0.25, 0.3) is 0 Å². The van der Waals surface area contributed by atoms with Crippen molar-refractivity contribution >= 4 is 5.91 Å². The van der Waals surface area contributed by atoms with Crippen LogP contribution >= 0.6 is 0 Å². The molecule has 0 atom stereocenters. The number of amides is 1. The van der Waals surface area contributed by atoms with Crippen LogP contribution in [0.15, 0.2) is 36.2 Å². The van der Waals surface area contributed by atoms with Gasteiger partial charge in [0, 0.05) is 18.7 Å². The average Bonchev–Trinajstić information content (AvgIpc) is 2.48. The summed E-state index contributed by atoms with van der Waals surface area (Å²) in [4.78, 5) is 11.8. The van der Waals surface area contributed by atoms with E-state index in [-0.39, 0.29) is 5.91 Å². The van der Waals surface area contributed by atoms with Gasteiger partial charge in [0.1, 0.15) is 0 Å². The lowest BCUT2D eigenvalue weighted by molar-refractivity contribution is -0.695. The summed E-state index contributed by atoms with van der Waals surface area (Å²) < 4.78 is 2.05. The van der Waals surface area contributed by atoms with Crippen molar-refractivity contribution in [1.29, 1.82) is 0 Å². The van der Waals surface area contributed by atoms with Crippen molar-refractivity contribution in [2.75, 3.05) is 6.54 Å². The molecule has 0 fully saturated rings. The van der Waals surface area contributed by atoms with Crippen LogP contribution < -0.4 is 9.88 Å². The summed E-state index contributed by atoms with van der Waals surface area (Å²) in [5, 5.41) is 3.02. The summed E-state index contributed by atoms with van der Waals surface area (Å²) in [7, 11) is 0. The Bertz CT molecular complexity index is 462. The Kier molecular flexibility index (Phi) is 5.78. The molecule has 1 aromatic rings. The van der Waals surface area contributed by atoms with Gasteiger partial charge in [0.15, 0.2) is 18.9 Å². The zero-order valence-electron chi connectivity index (χ0n) is 12.4. The highest BCUT2D eigenvalue weighted by Gasteiger charge is 2.07. The first kappa shape index (κ1) is 14.8. The molecule has 1 heterocycles. The second-order valence-corrected chi connectivity index (χ2v) is 5.57. The number of pyridine rings is 1. The first-order chi connectivity index (χ1) is 9.74. The summed E-state index contributed by atoms with van der Waals surface area (Å²) >= 11 is 0. The maximum Gasteiger partial charge on any atom is 0.226 e. The first-order valence-electron chi connectivity index (χ1n) is 7.64. The number of carbonyl (C=O) groups excluding carboxylic acids is 1. The van der Waals surface area contributed by atoms with Crippen molar-refractivity contribution in [3.8, 4) is 0 Å². The molecule has 0 saturated carbocycles. The lowest BCUT2D eigenvalue weighted by Crippen LogP contribution is -2.36. The van der Waals surface area contributed by atoms with Gasteiger partial charge in [0.2, 0.25) is 5.91 Å². The Labute approximate surface area is 121 Å². The van der Waals surface area contributed by atoms with Crippen molar-refractivity contribution in [2.24, 2.45) is 0 Å². The third-order valence-electron chi connectivity index (χ3n) is 3.81. The van der Waals surface area contributed by atoms with E-state index >= 15 is 0 Å². The molecule has 0 aromatic carbocycles. The third kappa shape index (κ3) is 5.16. The Morgan fingerprint density at radius 3 is 2.80 bits per heavy atom. The molecule has 108 valence electrons. The number of hydrogen-bond donors (Lipinski definition) is 1. The molecule has 1 amide bonds. The summed E-state index contributed by atoms with van der Waals surface area (Å²) in [5.41, 5.74) is 2.76.